The van der Waals surface area contributed by atoms with E-state index in [0.717, 1.165) is 30.4 Å². The van der Waals surface area contributed by atoms with Gasteiger partial charge in [-0.2, -0.15) is 0 Å². The Morgan fingerprint density at radius 2 is 2.25 bits per heavy atom. The third-order valence-electron chi connectivity index (χ3n) is 6.81. The lowest BCUT2D eigenvalue weighted by molar-refractivity contribution is -0.00916. The fourth-order valence-electron chi connectivity index (χ4n) is 5.30. The summed E-state index contributed by atoms with van der Waals surface area (Å²) in [7, 11) is 1.78. The highest BCUT2D eigenvalue weighted by Gasteiger charge is 2.41. The monoisotopic (exact) mass is 326 g/mol. The molecule has 24 heavy (non-hydrogen) atoms. The molecule has 1 aliphatic carbocycles. The van der Waals surface area contributed by atoms with Gasteiger partial charge in [0.05, 0.1) is 12.9 Å². The Kier molecular flexibility index (Phi) is 4.38. The molecule has 4 aliphatic rings. The van der Waals surface area contributed by atoms with E-state index in [1.807, 2.05) is 6.20 Å². The zero-order valence-electron chi connectivity index (χ0n) is 15.3. The first-order valence-corrected chi connectivity index (χ1v) is 9.67. The number of pyridine rings is 1. The van der Waals surface area contributed by atoms with Crippen LogP contribution < -0.4 is 0 Å². The summed E-state index contributed by atoms with van der Waals surface area (Å²) in [5, 5.41) is 0. The molecule has 0 N–H and O–H groups in total. The first-order valence-electron chi connectivity index (χ1n) is 9.67. The van der Waals surface area contributed by atoms with Crippen LogP contribution >= 0.6 is 0 Å². The van der Waals surface area contributed by atoms with Crippen LogP contribution in [0.3, 0.4) is 0 Å². The second kappa shape index (κ2) is 6.51. The van der Waals surface area contributed by atoms with Crippen LogP contribution in [0.5, 0.6) is 0 Å². The molecule has 0 saturated carbocycles. The van der Waals surface area contributed by atoms with Crippen molar-refractivity contribution in [2.75, 3.05) is 20.2 Å². The van der Waals surface area contributed by atoms with Crippen molar-refractivity contribution in [1.82, 2.24) is 9.88 Å². The predicted octanol–water partition coefficient (Wildman–Crippen LogP) is 4.24. The van der Waals surface area contributed by atoms with E-state index in [9.17, 15) is 0 Å². The molecule has 3 fully saturated rings. The van der Waals surface area contributed by atoms with Gasteiger partial charge in [0.2, 0.25) is 0 Å². The van der Waals surface area contributed by atoms with Crippen molar-refractivity contribution < 1.29 is 4.74 Å². The number of rotatable bonds is 4. The van der Waals surface area contributed by atoms with E-state index >= 15 is 0 Å². The zero-order valence-corrected chi connectivity index (χ0v) is 15.3. The molecule has 3 heteroatoms. The Morgan fingerprint density at radius 1 is 1.38 bits per heavy atom. The van der Waals surface area contributed by atoms with Gasteiger partial charge in [-0.1, -0.05) is 20.3 Å². The molecular formula is C21H30N2O. The van der Waals surface area contributed by atoms with Crippen LogP contribution in [0.4, 0.5) is 0 Å². The summed E-state index contributed by atoms with van der Waals surface area (Å²) in [6, 6.07) is 2.94. The number of nitrogens with zero attached hydrogens (tertiary/aromatic N) is 2. The molecule has 0 spiro atoms. The molecule has 0 amide bonds. The van der Waals surface area contributed by atoms with Crippen LogP contribution in [0.2, 0.25) is 0 Å². The molecule has 1 aromatic rings. The molecule has 2 bridgehead atoms. The van der Waals surface area contributed by atoms with E-state index in [1.165, 1.54) is 49.2 Å². The minimum Gasteiger partial charge on any atom is -0.501 e. The summed E-state index contributed by atoms with van der Waals surface area (Å²) in [6.45, 7) is 7.39. The molecule has 5 rings (SSSR count). The highest BCUT2D eigenvalue weighted by molar-refractivity contribution is 5.61. The largest absolute Gasteiger partial charge is 0.501 e. The van der Waals surface area contributed by atoms with Crippen molar-refractivity contribution in [3.8, 4) is 0 Å². The maximum Gasteiger partial charge on any atom is 0.0966 e. The van der Waals surface area contributed by atoms with Crippen LogP contribution in [0.1, 0.15) is 62.3 Å². The van der Waals surface area contributed by atoms with Gasteiger partial charge >= 0.3 is 0 Å². The third-order valence-corrected chi connectivity index (χ3v) is 6.81. The number of aromatic nitrogens is 1. The Hall–Kier alpha value is -1.35. The quantitative estimate of drug-likeness (QED) is 0.827. The van der Waals surface area contributed by atoms with E-state index in [1.54, 1.807) is 7.11 Å². The van der Waals surface area contributed by atoms with Crippen molar-refractivity contribution in [2.24, 2.45) is 11.8 Å². The minimum atomic E-state index is 0.565. The van der Waals surface area contributed by atoms with Gasteiger partial charge in [-0.3, -0.25) is 9.88 Å². The van der Waals surface area contributed by atoms with Gasteiger partial charge in [-0.05, 0) is 61.3 Å². The molecule has 130 valence electrons. The molecule has 1 unspecified atom stereocenters. The van der Waals surface area contributed by atoms with Crippen LogP contribution in [0.15, 0.2) is 18.0 Å². The van der Waals surface area contributed by atoms with Crippen molar-refractivity contribution >= 4 is 6.08 Å². The SMILES string of the molecule is CC[C@H]1CN2CC[C@H]1C[C@H]2[C@@H](C)c1ccnc2c1C=C(OC)CC2. The van der Waals surface area contributed by atoms with Crippen molar-refractivity contribution in [2.45, 2.75) is 57.9 Å². The first-order chi connectivity index (χ1) is 11.7. The maximum absolute atomic E-state index is 5.53. The average Bonchev–Trinajstić information content (AvgIpc) is 2.66. The summed E-state index contributed by atoms with van der Waals surface area (Å²) in [4.78, 5) is 7.41. The first kappa shape index (κ1) is 16.1. The standard InChI is InChI=1S/C21H30N2O/c1-4-15-13-23-10-8-16(15)11-21(23)14(2)18-7-9-22-20-6-5-17(24-3)12-19(18)20/h7,9,12,14-16,21H,4-6,8,10-11,13H2,1-3H3/t14-,15-,16-,21-/m0/s1. The fraction of sp³-hybridized carbons (Fsp3) is 0.667. The van der Waals surface area contributed by atoms with Gasteiger partial charge in [-0.25, -0.2) is 0 Å². The van der Waals surface area contributed by atoms with Crippen molar-refractivity contribution in [3.63, 3.8) is 0 Å². The highest BCUT2D eigenvalue weighted by Crippen LogP contribution is 2.43. The topological polar surface area (TPSA) is 25.4 Å². The third kappa shape index (κ3) is 2.67. The molecule has 5 atom stereocenters. The van der Waals surface area contributed by atoms with E-state index in [4.69, 9.17) is 4.74 Å². The Morgan fingerprint density at radius 3 is 2.96 bits per heavy atom. The van der Waals surface area contributed by atoms with Crippen LogP contribution in [-0.2, 0) is 11.2 Å². The van der Waals surface area contributed by atoms with E-state index in [2.05, 4.69) is 35.9 Å². The molecule has 1 aromatic heterocycles. The van der Waals surface area contributed by atoms with E-state index < -0.39 is 0 Å². The van der Waals surface area contributed by atoms with Crippen LogP contribution in [0.25, 0.3) is 6.08 Å². The summed E-state index contributed by atoms with van der Waals surface area (Å²) in [6.07, 6.45) is 10.4. The molecule has 0 aromatic carbocycles. The highest BCUT2D eigenvalue weighted by atomic mass is 16.5. The maximum atomic E-state index is 5.53. The number of ether oxygens (including phenoxy) is 1. The van der Waals surface area contributed by atoms with Gasteiger partial charge < -0.3 is 4.74 Å². The molecule has 0 radical (unpaired) electrons. The summed E-state index contributed by atoms with van der Waals surface area (Å²) >= 11 is 0. The Balaban J connectivity index is 1.63. The Labute approximate surface area is 146 Å². The molecular weight excluding hydrogens is 296 g/mol. The number of fused-ring (bicyclic) bond motifs is 4. The number of piperidine rings is 3. The van der Waals surface area contributed by atoms with Gasteiger partial charge in [0, 0.05) is 36.5 Å². The lowest BCUT2D eigenvalue weighted by Gasteiger charge is -2.52. The molecule has 3 saturated heterocycles. The van der Waals surface area contributed by atoms with Gasteiger partial charge in [-0.15, -0.1) is 0 Å². The van der Waals surface area contributed by atoms with E-state index in [0.29, 0.717) is 12.0 Å². The lowest BCUT2D eigenvalue weighted by Crippen LogP contribution is -2.54. The minimum absolute atomic E-state index is 0.565. The summed E-state index contributed by atoms with van der Waals surface area (Å²) < 4.78 is 5.53. The number of methoxy groups -OCH3 is 1. The lowest BCUT2D eigenvalue weighted by atomic mass is 9.70. The molecule has 3 nitrogen and oxygen atoms in total. The van der Waals surface area contributed by atoms with Crippen LogP contribution in [-0.4, -0.2) is 36.1 Å². The second-order valence-electron chi connectivity index (χ2n) is 7.88. The number of aryl methyl sites for hydroxylation is 1. The van der Waals surface area contributed by atoms with Crippen molar-refractivity contribution in [3.05, 3.63) is 34.8 Å². The number of hydrogen-bond donors (Lipinski definition) is 0. The number of allylic oxidation sites excluding steroid dienone is 1. The average molecular weight is 326 g/mol. The van der Waals surface area contributed by atoms with Crippen molar-refractivity contribution in [1.29, 1.82) is 0 Å². The summed E-state index contributed by atoms with van der Waals surface area (Å²) in [5.74, 6) is 3.53. The van der Waals surface area contributed by atoms with Gasteiger partial charge in [0.15, 0.2) is 0 Å². The van der Waals surface area contributed by atoms with E-state index in [-0.39, 0.29) is 0 Å². The Bertz CT molecular complexity index is 639. The van der Waals surface area contributed by atoms with Gasteiger partial charge in [0.25, 0.3) is 0 Å². The number of hydrogen-bond acceptors (Lipinski definition) is 3. The summed E-state index contributed by atoms with van der Waals surface area (Å²) in [5.41, 5.74) is 4.06. The molecule has 3 aliphatic heterocycles. The predicted molar refractivity (Wildman–Crippen MR) is 97.8 cm³/mol. The van der Waals surface area contributed by atoms with Crippen LogP contribution in [0, 0.1) is 11.8 Å². The fourth-order valence-corrected chi connectivity index (χ4v) is 5.30. The normalized spacial score (nSPS) is 32.9. The van der Waals surface area contributed by atoms with Gasteiger partial charge in [0.1, 0.15) is 0 Å². The smallest absolute Gasteiger partial charge is 0.0966 e. The molecule has 4 heterocycles. The second-order valence-corrected chi connectivity index (χ2v) is 7.88. The zero-order chi connectivity index (χ0) is 16.7.